The summed E-state index contributed by atoms with van der Waals surface area (Å²) >= 11 is 0. The maximum Gasteiger partial charge on any atom is 0.214 e. The fourth-order valence-corrected chi connectivity index (χ4v) is 3.97. The number of methoxy groups -OCH3 is 1. The van der Waals surface area contributed by atoms with Gasteiger partial charge in [0.2, 0.25) is 5.82 Å². The molecule has 1 aromatic heterocycles. The van der Waals surface area contributed by atoms with Crippen LogP contribution in [-0.4, -0.2) is 60.1 Å². The van der Waals surface area contributed by atoms with E-state index in [0.29, 0.717) is 13.2 Å². The van der Waals surface area contributed by atoms with E-state index in [1.165, 1.54) is 29.2 Å². The van der Waals surface area contributed by atoms with Gasteiger partial charge < -0.3 is 14.5 Å². The summed E-state index contributed by atoms with van der Waals surface area (Å²) in [6.45, 7) is 4.37. The first-order valence-electron chi connectivity index (χ1n) is 10.0. The molecule has 0 aliphatic carbocycles. The van der Waals surface area contributed by atoms with E-state index in [9.17, 15) is 8.78 Å². The van der Waals surface area contributed by atoms with E-state index in [4.69, 9.17) is 4.74 Å². The minimum absolute atomic E-state index is 0.118. The third kappa shape index (κ3) is 4.47. The van der Waals surface area contributed by atoms with Crippen molar-refractivity contribution in [2.75, 3.05) is 44.8 Å². The van der Waals surface area contributed by atoms with Gasteiger partial charge in [-0.1, -0.05) is 0 Å². The van der Waals surface area contributed by atoms with Crippen molar-refractivity contribution in [3.8, 4) is 0 Å². The molecule has 158 valence electrons. The second kappa shape index (κ2) is 9.27. The molecular formula is C21H25F2N6O+. The minimum Gasteiger partial charge on any atom is -0.383 e. The molecule has 0 saturated carbocycles. The Balaban J connectivity index is 1.57. The predicted octanol–water partition coefficient (Wildman–Crippen LogP) is 1.09. The first-order valence-corrected chi connectivity index (χ1v) is 10.0. The van der Waals surface area contributed by atoms with Crippen LogP contribution in [0.3, 0.4) is 0 Å². The highest BCUT2D eigenvalue weighted by Crippen LogP contribution is 2.19. The van der Waals surface area contributed by atoms with Gasteiger partial charge in [0.25, 0.3) is 0 Å². The molecule has 0 radical (unpaired) electrons. The Kier molecular flexibility index (Phi) is 6.29. The molecule has 1 N–H and O–H groups in total. The highest BCUT2D eigenvalue weighted by Gasteiger charge is 2.34. The molecule has 3 aromatic rings. The monoisotopic (exact) mass is 415 g/mol. The number of halogens is 2. The topological polar surface area (TPSA) is 60.5 Å². The number of tetrazole rings is 1. The van der Waals surface area contributed by atoms with Gasteiger partial charge in [0, 0.05) is 18.4 Å². The fourth-order valence-electron chi connectivity index (χ4n) is 3.97. The summed E-state index contributed by atoms with van der Waals surface area (Å²) in [5.41, 5.74) is 1.98. The molecule has 1 atom stereocenters. The van der Waals surface area contributed by atoms with E-state index < -0.39 is 0 Å². The number of hydrogen-bond acceptors (Lipinski definition) is 5. The van der Waals surface area contributed by atoms with E-state index in [1.807, 2.05) is 12.1 Å². The van der Waals surface area contributed by atoms with Crippen molar-refractivity contribution in [2.45, 2.75) is 12.6 Å². The molecule has 2 aromatic carbocycles. The largest absolute Gasteiger partial charge is 0.383 e. The van der Waals surface area contributed by atoms with Crippen LogP contribution in [0.1, 0.15) is 17.4 Å². The number of benzene rings is 2. The first-order chi connectivity index (χ1) is 14.7. The lowest BCUT2D eigenvalue weighted by molar-refractivity contribution is -0.927. The number of piperazine rings is 1. The predicted molar refractivity (Wildman–Crippen MR) is 107 cm³/mol. The Morgan fingerprint density at radius 2 is 1.63 bits per heavy atom. The first kappa shape index (κ1) is 20.4. The quantitative estimate of drug-likeness (QED) is 0.626. The standard InChI is InChI=1S/C21H24F2N6O/c1-30-15-14-29-21(24-25-26-29)20(16-2-4-17(22)5-3-16)28-12-10-27(11-13-28)19-8-6-18(23)7-9-19/h2-9,20H,10-15H2,1H3/p+1/t20-/m0/s1. The van der Waals surface area contributed by atoms with Crippen LogP contribution >= 0.6 is 0 Å². The zero-order chi connectivity index (χ0) is 20.9. The Morgan fingerprint density at radius 3 is 2.27 bits per heavy atom. The van der Waals surface area contributed by atoms with Gasteiger partial charge in [0.1, 0.15) is 11.6 Å². The number of nitrogens with one attached hydrogen (secondary N) is 1. The third-order valence-corrected chi connectivity index (χ3v) is 5.53. The van der Waals surface area contributed by atoms with Crippen LogP contribution < -0.4 is 9.80 Å². The second-order valence-corrected chi connectivity index (χ2v) is 7.36. The molecule has 0 amide bonds. The summed E-state index contributed by atoms with van der Waals surface area (Å²) in [5, 5.41) is 12.3. The number of anilines is 1. The van der Waals surface area contributed by atoms with Gasteiger partial charge in [-0.3, -0.25) is 0 Å². The van der Waals surface area contributed by atoms with Gasteiger partial charge in [-0.2, -0.15) is 0 Å². The van der Waals surface area contributed by atoms with E-state index in [1.54, 1.807) is 23.9 Å². The number of aromatic nitrogens is 4. The number of ether oxygens (including phenoxy) is 1. The molecule has 1 saturated heterocycles. The summed E-state index contributed by atoms with van der Waals surface area (Å²) in [4.78, 5) is 3.55. The van der Waals surface area contributed by atoms with Crippen molar-refractivity contribution >= 4 is 5.69 Å². The lowest BCUT2D eigenvalue weighted by atomic mass is 10.0. The molecule has 0 spiro atoms. The molecule has 2 heterocycles. The van der Waals surface area contributed by atoms with E-state index in [2.05, 4.69) is 20.4 Å². The molecular weight excluding hydrogens is 390 g/mol. The second-order valence-electron chi connectivity index (χ2n) is 7.36. The maximum absolute atomic E-state index is 13.5. The van der Waals surface area contributed by atoms with E-state index in [0.717, 1.165) is 43.3 Å². The Bertz CT molecular complexity index is 939. The number of nitrogens with zero attached hydrogens (tertiary/aromatic N) is 5. The average Bonchev–Trinajstić information content (AvgIpc) is 3.23. The van der Waals surface area contributed by atoms with Crippen molar-refractivity contribution in [3.05, 3.63) is 71.6 Å². The van der Waals surface area contributed by atoms with Crippen molar-refractivity contribution in [1.29, 1.82) is 0 Å². The van der Waals surface area contributed by atoms with Crippen LogP contribution in [0.25, 0.3) is 0 Å². The lowest BCUT2D eigenvalue weighted by Crippen LogP contribution is -3.15. The SMILES string of the molecule is COCCn1nnnc1[C@H](c1ccc(F)cc1)[NH+]1CCN(c2ccc(F)cc2)CC1. The third-order valence-electron chi connectivity index (χ3n) is 5.53. The van der Waals surface area contributed by atoms with Crippen LogP contribution in [0.5, 0.6) is 0 Å². The van der Waals surface area contributed by atoms with Crippen molar-refractivity contribution < 1.29 is 18.4 Å². The zero-order valence-electron chi connectivity index (χ0n) is 16.8. The smallest absolute Gasteiger partial charge is 0.214 e. The van der Waals surface area contributed by atoms with Crippen LogP contribution in [-0.2, 0) is 11.3 Å². The van der Waals surface area contributed by atoms with Gasteiger partial charge in [-0.05, 0) is 59.0 Å². The van der Waals surface area contributed by atoms with Crippen molar-refractivity contribution in [1.82, 2.24) is 20.2 Å². The number of quaternary nitrogens is 1. The summed E-state index contributed by atoms with van der Waals surface area (Å²) in [5.74, 6) is 0.235. The zero-order valence-corrected chi connectivity index (χ0v) is 16.8. The molecule has 1 aliphatic heterocycles. The fraction of sp³-hybridized carbons (Fsp3) is 0.381. The van der Waals surface area contributed by atoms with Crippen LogP contribution in [0.4, 0.5) is 14.5 Å². The Hall–Kier alpha value is -2.91. The van der Waals surface area contributed by atoms with E-state index >= 15 is 0 Å². The molecule has 7 nitrogen and oxygen atoms in total. The van der Waals surface area contributed by atoms with Gasteiger partial charge in [0.15, 0.2) is 6.04 Å². The number of rotatable bonds is 7. The molecule has 0 bridgehead atoms. The summed E-state index contributed by atoms with van der Waals surface area (Å²) in [6, 6.07) is 13.0. The van der Waals surface area contributed by atoms with E-state index in [-0.39, 0.29) is 17.7 Å². The van der Waals surface area contributed by atoms with Gasteiger partial charge in [-0.25, -0.2) is 13.5 Å². The molecule has 0 unspecified atom stereocenters. The van der Waals surface area contributed by atoms with Gasteiger partial charge >= 0.3 is 0 Å². The Morgan fingerprint density at radius 1 is 1.00 bits per heavy atom. The van der Waals surface area contributed by atoms with Crippen LogP contribution in [0.15, 0.2) is 48.5 Å². The number of hydrogen-bond donors (Lipinski definition) is 1. The maximum atomic E-state index is 13.5. The highest BCUT2D eigenvalue weighted by atomic mass is 19.1. The van der Waals surface area contributed by atoms with Gasteiger partial charge in [-0.15, -0.1) is 5.10 Å². The molecule has 30 heavy (non-hydrogen) atoms. The molecule has 9 heteroatoms. The van der Waals surface area contributed by atoms with Crippen LogP contribution in [0, 0.1) is 11.6 Å². The summed E-state index contributed by atoms with van der Waals surface area (Å²) in [6.07, 6.45) is 0. The van der Waals surface area contributed by atoms with Crippen LogP contribution in [0.2, 0.25) is 0 Å². The lowest BCUT2D eigenvalue weighted by Gasteiger charge is -2.37. The summed E-state index contributed by atoms with van der Waals surface area (Å²) < 4.78 is 33.7. The minimum atomic E-state index is -0.271. The average molecular weight is 415 g/mol. The Labute approximate surface area is 173 Å². The van der Waals surface area contributed by atoms with Crippen molar-refractivity contribution in [3.63, 3.8) is 0 Å². The van der Waals surface area contributed by atoms with Gasteiger partial charge in [0.05, 0.1) is 39.3 Å². The molecule has 1 aliphatic rings. The summed E-state index contributed by atoms with van der Waals surface area (Å²) in [7, 11) is 1.64. The molecule has 4 rings (SSSR count). The normalized spacial score (nSPS) is 16.0. The highest BCUT2D eigenvalue weighted by molar-refractivity contribution is 5.46. The molecule has 1 fully saturated rings. The van der Waals surface area contributed by atoms with Crippen molar-refractivity contribution in [2.24, 2.45) is 0 Å².